The molecule has 1 aliphatic heterocycles. The Kier molecular flexibility index (Phi) is 4.85. The van der Waals surface area contributed by atoms with Crippen molar-refractivity contribution in [2.24, 2.45) is 0 Å². The second kappa shape index (κ2) is 7.48. The quantitative estimate of drug-likeness (QED) is 0.592. The van der Waals surface area contributed by atoms with Gasteiger partial charge in [-0.05, 0) is 29.8 Å². The van der Waals surface area contributed by atoms with Crippen molar-refractivity contribution >= 4 is 35.0 Å². The fourth-order valence-electron chi connectivity index (χ4n) is 3.12. The number of amides is 1. The van der Waals surface area contributed by atoms with Crippen molar-refractivity contribution in [1.82, 2.24) is 15.3 Å². The summed E-state index contributed by atoms with van der Waals surface area (Å²) in [6.45, 7) is 0.216. The van der Waals surface area contributed by atoms with Crippen LogP contribution in [0.5, 0.6) is 0 Å². The van der Waals surface area contributed by atoms with Crippen LogP contribution in [0.15, 0.2) is 42.6 Å². The number of rotatable bonds is 5. The van der Waals surface area contributed by atoms with Crippen molar-refractivity contribution in [3.63, 3.8) is 0 Å². The zero-order chi connectivity index (χ0) is 20.5. The van der Waals surface area contributed by atoms with Gasteiger partial charge in [0, 0.05) is 6.20 Å². The van der Waals surface area contributed by atoms with Crippen LogP contribution in [0.2, 0.25) is 5.02 Å². The first-order valence-corrected chi connectivity index (χ1v) is 9.00. The van der Waals surface area contributed by atoms with E-state index < -0.39 is 11.8 Å². The van der Waals surface area contributed by atoms with E-state index in [2.05, 4.69) is 20.6 Å². The number of carbonyl (C=O) groups excluding carboxylic acids is 1. The third-order valence-corrected chi connectivity index (χ3v) is 4.71. The molecule has 1 amide bonds. The second-order valence-electron chi connectivity index (χ2n) is 6.40. The first-order chi connectivity index (χ1) is 13.9. The molecule has 2 aromatic heterocycles. The number of carboxylic acid groups (broad SMARTS) is 1. The summed E-state index contributed by atoms with van der Waals surface area (Å²) in [7, 11) is 0. The highest BCUT2D eigenvalue weighted by atomic mass is 35.5. The Morgan fingerprint density at radius 3 is 2.79 bits per heavy atom. The van der Waals surface area contributed by atoms with Crippen LogP contribution in [0.3, 0.4) is 0 Å². The highest BCUT2D eigenvalue weighted by Crippen LogP contribution is 2.35. The molecule has 0 spiro atoms. The maximum Gasteiger partial charge on any atom is 0.307 e. The Balaban J connectivity index is 1.76. The Labute approximate surface area is 169 Å². The van der Waals surface area contributed by atoms with Crippen LogP contribution < -0.4 is 10.6 Å². The van der Waals surface area contributed by atoms with E-state index in [-0.39, 0.29) is 35.2 Å². The average Bonchev–Trinajstić information content (AvgIpc) is 3.04. The Bertz CT molecular complexity index is 1120. The topological polar surface area (TPSA) is 104 Å². The third kappa shape index (κ3) is 3.74. The highest BCUT2D eigenvalue weighted by molar-refractivity contribution is 6.33. The van der Waals surface area contributed by atoms with Gasteiger partial charge in [-0.1, -0.05) is 23.7 Å². The molecule has 1 aromatic carbocycles. The lowest BCUT2D eigenvalue weighted by atomic mass is 10.1. The summed E-state index contributed by atoms with van der Waals surface area (Å²) in [6.07, 6.45) is 1.29. The van der Waals surface area contributed by atoms with Crippen molar-refractivity contribution in [3.05, 3.63) is 70.3 Å². The first kappa shape index (κ1) is 18.8. The molecular weight excluding hydrogens is 399 g/mol. The van der Waals surface area contributed by atoms with Crippen LogP contribution in [-0.2, 0) is 17.8 Å². The number of halogens is 2. The number of benzene rings is 1. The number of pyridine rings is 2. The second-order valence-corrected chi connectivity index (χ2v) is 6.81. The van der Waals surface area contributed by atoms with E-state index in [4.69, 9.17) is 16.7 Å². The Morgan fingerprint density at radius 1 is 1.28 bits per heavy atom. The SMILES string of the molecule is O=C(O)Cc1ccc(Nc2cc(-c3c(F)cccc3Cl)nc3c2C(=O)NC3)nc1. The number of hydrogen-bond acceptors (Lipinski definition) is 5. The van der Waals surface area contributed by atoms with Gasteiger partial charge in [-0.3, -0.25) is 9.59 Å². The summed E-state index contributed by atoms with van der Waals surface area (Å²) in [4.78, 5) is 31.7. The predicted octanol–water partition coefficient (Wildman–Crippen LogP) is 3.55. The van der Waals surface area contributed by atoms with Gasteiger partial charge in [-0.25, -0.2) is 14.4 Å². The zero-order valence-corrected chi connectivity index (χ0v) is 15.6. The minimum absolute atomic E-state index is 0.143. The number of hydrogen-bond donors (Lipinski definition) is 3. The Morgan fingerprint density at radius 2 is 2.10 bits per heavy atom. The molecule has 0 saturated carbocycles. The lowest BCUT2D eigenvalue weighted by molar-refractivity contribution is -0.136. The molecule has 29 heavy (non-hydrogen) atoms. The van der Waals surface area contributed by atoms with Crippen molar-refractivity contribution in [2.75, 3.05) is 5.32 Å². The van der Waals surface area contributed by atoms with E-state index in [1.807, 2.05) is 0 Å². The zero-order valence-electron chi connectivity index (χ0n) is 14.9. The number of nitrogens with zero attached hydrogens (tertiary/aromatic N) is 2. The minimum Gasteiger partial charge on any atom is -0.481 e. The fraction of sp³-hybridized carbons (Fsp3) is 0.100. The van der Waals surface area contributed by atoms with E-state index in [1.165, 1.54) is 18.3 Å². The summed E-state index contributed by atoms with van der Waals surface area (Å²) < 4.78 is 14.4. The highest BCUT2D eigenvalue weighted by Gasteiger charge is 2.26. The number of nitrogens with one attached hydrogen (secondary N) is 2. The molecule has 3 heterocycles. The fourth-order valence-corrected chi connectivity index (χ4v) is 3.38. The van der Waals surface area contributed by atoms with Gasteiger partial charge in [-0.2, -0.15) is 0 Å². The van der Waals surface area contributed by atoms with Gasteiger partial charge in [-0.15, -0.1) is 0 Å². The van der Waals surface area contributed by atoms with Crippen LogP contribution >= 0.6 is 11.6 Å². The monoisotopic (exact) mass is 412 g/mol. The van der Waals surface area contributed by atoms with Crippen molar-refractivity contribution in [2.45, 2.75) is 13.0 Å². The normalized spacial score (nSPS) is 12.4. The maximum atomic E-state index is 14.4. The third-order valence-electron chi connectivity index (χ3n) is 4.40. The van der Waals surface area contributed by atoms with E-state index in [0.29, 0.717) is 28.3 Å². The smallest absolute Gasteiger partial charge is 0.307 e. The van der Waals surface area contributed by atoms with E-state index in [9.17, 15) is 14.0 Å². The van der Waals surface area contributed by atoms with Crippen LogP contribution in [0, 0.1) is 5.82 Å². The number of carbonyl (C=O) groups is 2. The Hall–Kier alpha value is -3.52. The lowest BCUT2D eigenvalue weighted by Crippen LogP contribution is -2.13. The summed E-state index contributed by atoms with van der Waals surface area (Å²) in [5.74, 6) is -1.38. The molecule has 3 N–H and O–H groups in total. The largest absolute Gasteiger partial charge is 0.481 e. The standard InChI is InChI=1S/C20H14ClFN4O3/c21-11-2-1-3-12(22)18(11)13-7-14(19-15(25-13)9-24-20(19)29)26-16-5-4-10(8-23-16)6-17(27)28/h1-5,7-8H,6,9H2,(H,24,29)(H,27,28)(H,23,25,26). The summed E-state index contributed by atoms with van der Waals surface area (Å²) in [5, 5.41) is 14.8. The molecule has 0 unspecified atom stereocenters. The van der Waals surface area contributed by atoms with E-state index in [1.54, 1.807) is 24.3 Å². The van der Waals surface area contributed by atoms with Crippen LogP contribution in [0.4, 0.5) is 15.9 Å². The summed E-state index contributed by atoms with van der Waals surface area (Å²) >= 11 is 6.17. The summed E-state index contributed by atoms with van der Waals surface area (Å²) in [6, 6.07) is 9.12. The van der Waals surface area contributed by atoms with Gasteiger partial charge in [0.15, 0.2) is 0 Å². The van der Waals surface area contributed by atoms with Crippen molar-refractivity contribution in [3.8, 4) is 11.3 Å². The van der Waals surface area contributed by atoms with Crippen LogP contribution in [0.25, 0.3) is 11.3 Å². The van der Waals surface area contributed by atoms with Gasteiger partial charge in [0.25, 0.3) is 5.91 Å². The molecule has 3 aromatic rings. The average molecular weight is 413 g/mol. The predicted molar refractivity (Wildman–Crippen MR) is 105 cm³/mol. The number of aliphatic carboxylic acids is 1. The van der Waals surface area contributed by atoms with Crippen molar-refractivity contribution in [1.29, 1.82) is 0 Å². The molecule has 0 atom stereocenters. The number of carboxylic acids is 1. The minimum atomic E-state index is -0.956. The molecule has 0 aliphatic carbocycles. The number of aromatic nitrogens is 2. The molecule has 9 heteroatoms. The molecule has 0 saturated heterocycles. The molecule has 0 bridgehead atoms. The van der Waals surface area contributed by atoms with Crippen LogP contribution in [0.1, 0.15) is 21.6 Å². The maximum absolute atomic E-state index is 14.4. The van der Waals surface area contributed by atoms with E-state index >= 15 is 0 Å². The van der Waals surface area contributed by atoms with Gasteiger partial charge < -0.3 is 15.7 Å². The van der Waals surface area contributed by atoms with Crippen LogP contribution in [-0.4, -0.2) is 27.0 Å². The van der Waals surface area contributed by atoms with Gasteiger partial charge in [0.1, 0.15) is 11.6 Å². The van der Waals surface area contributed by atoms with Crippen molar-refractivity contribution < 1.29 is 19.1 Å². The molecular formula is C20H14ClFN4O3. The summed E-state index contributed by atoms with van der Waals surface area (Å²) in [5.41, 5.74) is 2.18. The number of anilines is 2. The van der Waals surface area contributed by atoms with Gasteiger partial charge in [0.2, 0.25) is 0 Å². The lowest BCUT2D eigenvalue weighted by Gasteiger charge is -2.13. The molecule has 146 valence electrons. The number of fused-ring (bicyclic) bond motifs is 1. The van der Waals surface area contributed by atoms with E-state index in [0.717, 1.165) is 0 Å². The first-order valence-electron chi connectivity index (χ1n) is 8.62. The molecule has 4 rings (SSSR count). The molecule has 1 aliphatic rings. The van der Waals surface area contributed by atoms with Gasteiger partial charge >= 0.3 is 5.97 Å². The molecule has 7 nitrogen and oxygen atoms in total. The van der Waals surface area contributed by atoms with Gasteiger partial charge in [0.05, 0.1) is 46.2 Å². The molecule has 0 fully saturated rings. The molecule has 0 radical (unpaired) electrons.